The lowest BCUT2D eigenvalue weighted by Gasteiger charge is -2.22. The van der Waals surface area contributed by atoms with Crippen LogP contribution in [0.2, 0.25) is 0 Å². The molecule has 0 aliphatic heterocycles. The summed E-state index contributed by atoms with van der Waals surface area (Å²) >= 11 is 7.13. The van der Waals surface area contributed by atoms with Crippen LogP contribution in [0.1, 0.15) is 29.7 Å². The van der Waals surface area contributed by atoms with E-state index in [1.165, 1.54) is 11.1 Å². The van der Waals surface area contributed by atoms with Crippen LogP contribution in [0.5, 0.6) is 5.75 Å². The van der Waals surface area contributed by atoms with Crippen molar-refractivity contribution in [3.8, 4) is 5.75 Å². The van der Waals surface area contributed by atoms with E-state index in [2.05, 4.69) is 75.3 Å². The Morgan fingerprint density at radius 3 is 2.33 bits per heavy atom. The van der Waals surface area contributed by atoms with E-state index in [1.54, 1.807) is 7.11 Å². The largest absolute Gasteiger partial charge is 0.496 e. The van der Waals surface area contributed by atoms with Crippen molar-refractivity contribution in [1.29, 1.82) is 0 Å². The predicted molar refractivity (Wildman–Crippen MR) is 95.1 cm³/mol. The first-order valence-electron chi connectivity index (χ1n) is 6.89. The summed E-state index contributed by atoms with van der Waals surface area (Å²) in [6, 6.07) is 12.7. The van der Waals surface area contributed by atoms with Gasteiger partial charge in [-0.05, 0) is 43.3 Å². The molecule has 1 N–H and O–H groups in total. The van der Waals surface area contributed by atoms with Gasteiger partial charge in [0.05, 0.1) is 13.2 Å². The Labute approximate surface area is 143 Å². The molecule has 1 atom stereocenters. The summed E-state index contributed by atoms with van der Waals surface area (Å²) in [5.74, 6) is 0.905. The van der Waals surface area contributed by atoms with Gasteiger partial charge in [-0.25, -0.2) is 0 Å². The molecule has 2 aromatic carbocycles. The van der Waals surface area contributed by atoms with Gasteiger partial charge in [-0.15, -0.1) is 0 Å². The van der Waals surface area contributed by atoms with Gasteiger partial charge in [0.1, 0.15) is 5.75 Å². The summed E-state index contributed by atoms with van der Waals surface area (Å²) < 4.78 is 7.66. The highest BCUT2D eigenvalue weighted by atomic mass is 79.9. The van der Waals surface area contributed by atoms with E-state index in [0.29, 0.717) is 0 Å². The van der Waals surface area contributed by atoms with Crippen molar-refractivity contribution in [1.82, 2.24) is 5.32 Å². The van der Waals surface area contributed by atoms with Crippen LogP contribution in [0.15, 0.2) is 45.3 Å². The zero-order chi connectivity index (χ0) is 15.4. The van der Waals surface area contributed by atoms with Crippen molar-refractivity contribution in [2.24, 2.45) is 0 Å². The van der Waals surface area contributed by atoms with Crippen molar-refractivity contribution in [2.75, 3.05) is 13.7 Å². The molecular formula is C17H19Br2NO. The zero-order valence-corrected chi connectivity index (χ0v) is 15.6. The Bertz CT molecular complexity index is 608. The van der Waals surface area contributed by atoms with Gasteiger partial charge in [0.25, 0.3) is 0 Å². The summed E-state index contributed by atoms with van der Waals surface area (Å²) in [6.45, 7) is 5.09. The van der Waals surface area contributed by atoms with Crippen LogP contribution in [0.4, 0.5) is 0 Å². The van der Waals surface area contributed by atoms with E-state index in [4.69, 9.17) is 4.74 Å². The van der Waals surface area contributed by atoms with Gasteiger partial charge in [-0.2, -0.15) is 0 Å². The highest BCUT2D eigenvalue weighted by Gasteiger charge is 2.18. The van der Waals surface area contributed by atoms with Gasteiger partial charge in [-0.1, -0.05) is 56.5 Å². The molecule has 0 saturated carbocycles. The van der Waals surface area contributed by atoms with Crippen molar-refractivity contribution < 1.29 is 4.74 Å². The molecule has 0 spiro atoms. The Hall–Kier alpha value is -0.840. The Balaban J connectivity index is 2.55. The van der Waals surface area contributed by atoms with Gasteiger partial charge in [0, 0.05) is 14.5 Å². The number of benzene rings is 2. The highest BCUT2D eigenvalue weighted by molar-refractivity contribution is 9.11. The van der Waals surface area contributed by atoms with Crippen molar-refractivity contribution in [3.63, 3.8) is 0 Å². The van der Waals surface area contributed by atoms with Gasteiger partial charge in [0.2, 0.25) is 0 Å². The van der Waals surface area contributed by atoms with Crippen LogP contribution in [0.3, 0.4) is 0 Å². The highest BCUT2D eigenvalue weighted by Crippen LogP contribution is 2.33. The monoisotopic (exact) mass is 411 g/mol. The van der Waals surface area contributed by atoms with Gasteiger partial charge >= 0.3 is 0 Å². The normalized spacial score (nSPS) is 12.2. The number of halogens is 2. The van der Waals surface area contributed by atoms with Gasteiger partial charge in [-0.3, -0.25) is 0 Å². The Morgan fingerprint density at radius 2 is 1.76 bits per heavy atom. The Morgan fingerprint density at radius 1 is 1.10 bits per heavy atom. The molecule has 0 heterocycles. The Kier molecular flexibility index (Phi) is 5.85. The SMILES string of the molecule is CCNC(c1cc(Br)cc(Br)c1)c1cc(C)ccc1OC. The standard InChI is InChI=1S/C17H19Br2NO/c1-4-20-17(12-8-13(18)10-14(19)9-12)15-7-11(2)5-6-16(15)21-3/h5-10,17,20H,4H2,1-3H3. The van der Waals surface area contributed by atoms with Crippen LogP contribution in [-0.2, 0) is 0 Å². The summed E-state index contributed by atoms with van der Waals surface area (Å²) in [5, 5.41) is 3.55. The van der Waals surface area contributed by atoms with E-state index in [1.807, 2.05) is 12.1 Å². The topological polar surface area (TPSA) is 21.3 Å². The number of aryl methyl sites for hydroxylation is 1. The fourth-order valence-electron chi connectivity index (χ4n) is 2.43. The van der Waals surface area contributed by atoms with E-state index >= 15 is 0 Å². The predicted octanol–water partition coefficient (Wildman–Crippen LogP) is 5.23. The number of nitrogens with one attached hydrogen (secondary N) is 1. The average Bonchev–Trinajstić information content (AvgIpc) is 2.43. The lowest BCUT2D eigenvalue weighted by Crippen LogP contribution is -2.22. The molecule has 21 heavy (non-hydrogen) atoms. The molecule has 0 fully saturated rings. The maximum absolute atomic E-state index is 5.55. The second-order valence-electron chi connectivity index (χ2n) is 4.94. The van der Waals surface area contributed by atoms with Crippen LogP contribution in [0.25, 0.3) is 0 Å². The fourth-order valence-corrected chi connectivity index (χ4v) is 3.76. The maximum atomic E-state index is 5.55. The van der Waals surface area contributed by atoms with Gasteiger partial charge in [0.15, 0.2) is 0 Å². The average molecular weight is 413 g/mol. The van der Waals surface area contributed by atoms with Crippen molar-refractivity contribution in [3.05, 3.63) is 62.0 Å². The summed E-state index contributed by atoms with van der Waals surface area (Å²) in [4.78, 5) is 0. The summed E-state index contributed by atoms with van der Waals surface area (Å²) in [6.07, 6.45) is 0. The molecule has 0 aromatic heterocycles. The smallest absolute Gasteiger partial charge is 0.123 e. The van der Waals surface area contributed by atoms with Gasteiger partial charge < -0.3 is 10.1 Å². The number of rotatable bonds is 5. The fraction of sp³-hybridized carbons (Fsp3) is 0.294. The van der Waals surface area contributed by atoms with E-state index in [0.717, 1.165) is 26.8 Å². The molecule has 0 aliphatic carbocycles. The van der Waals surface area contributed by atoms with E-state index in [9.17, 15) is 0 Å². The number of hydrogen-bond acceptors (Lipinski definition) is 2. The van der Waals surface area contributed by atoms with Crippen LogP contribution >= 0.6 is 31.9 Å². The van der Waals surface area contributed by atoms with Crippen LogP contribution in [0, 0.1) is 6.92 Å². The first-order valence-corrected chi connectivity index (χ1v) is 8.47. The second-order valence-corrected chi connectivity index (χ2v) is 6.77. The zero-order valence-electron chi connectivity index (χ0n) is 12.4. The minimum atomic E-state index is 0.0960. The third kappa shape index (κ3) is 4.09. The third-order valence-corrected chi connectivity index (χ3v) is 4.24. The van der Waals surface area contributed by atoms with E-state index in [-0.39, 0.29) is 6.04 Å². The first-order chi connectivity index (χ1) is 10.0. The third-order valence-electron chi connectivity index (χ3n) is 3.32. The lowest BCUT2D eigenvalue weighted by molar-refractivity contribution is 0.404. The molecule has 112 valence electrons. The molecule has 0 radical (unpaired) electrons. The lowest BCUT2D eigenvalue weighted by atomic mass is 9.96. The second kappa shape index (κ2) is 7.43. The first kappa shape index (κ1) is 16.5. The minimum absolute atomic E-state index is 0.0960. The molecule has 0 bridgehead atoms. The van der Waals surface area contributed by atoms with Crippen molar-refractivity contribution >= 4 is 31.9 Å². The molecule has 2 nitrogen and oxygen atoms in total. The van der Waals surface area contributed by atoms with Crippen LogP contribution in [-0.4, -0.2) is 13.7 Å². The summed E-state index contributed by atoms with van der Waals surface area (Å²) in [7, 11) is 1.72. The molecule has 0 aliphatic rings. The van der Waals surface area contributed by atoms with Crippen LogP contribution < -0.4 is 10.1 Å². The molecular weight excluding hydrogens is 394 g/mol. The number of methoxy groups -OCH3 is 1. The summed E-state index contributed by atoms with van der Waals surface area (Å²) in [5.41, 5.74) is 3.58. The maximum Gasteiger partial charge on any atom is 0.123 e. The van der Waals surface area contributed by atoms with Crippen molar-refractivity contribution in [2.45, 2.75) is 19.9 Å². The molecule has 2 rings (SSSR count). The molecule has 0 amide bonds. The minimum Gasteiger partial charge on any atom is -0.496 e. The molecule has 0 saturated heterocycles. The molecule has 2 aromatic rings. The molecule has 4 heteroatoms. The number of ether oxygens (including phenoxy) is 1. The number of hydrogen-bond donors (Lipinski definition) is 1. The molecule has 1 unspecified atom stereocenters. The van der Waals surface area contributed by atoms with E-state index < -0.39 is 0 Å². The quantitative estimate of drug-likeness (QED) is 0.725.